The van der Waals surface area contributed by atoms with Crippen LogP contribution < -0.4 is 5.32 Å². The average molecular weight is 248 g/mol. The maximum Gasteiger partial charge on any atom is 0.0874 e. The van der Waals surface area contributed by atoms with E-state index < -0.39 is 0 Å². The smallest absolute Gasteiger partial charge is 0.0874 e. The second kappa shape index (κ2) is 6.76. The highest BCUT2D eigenvalue weighted by Gasteiger charge is 2.17. The molecule has 0 amide bonds. The van der Waals surface area contributed by atoms with Crippen LogP contribution in [0.3, 0.4) is 0 Å². The molecule has 0 bridgehead atoms. The van der Waals surface area contributed by atoms with Crippen LogP contribution in [0.5, 0.6) is 0 Å². The van der Waals surface area contributed by atoms with Gasteiger partial charge in [0.05, 0.1) is 12.7 Å². The minimum absolute atomic E-state index is 0.304. The quantitative estimate of drug-likeness (QED) is 0.866. The predicted octanol–water partition coefficient (Wildman–Crippen LogP) is 2.38. The van der Waals surface area contributed by atoms with Gasteiger partial charge in [0.1, 0.15) is 0 Å². The molecule has 1 fully saturated rings. The van der Waals surface area contributed by atoms with Gasteiger partial charge in [0, 0.05) is 25.3 Å². The van der Waals surface area contributed by atoms with Crippen LogP contribution in [0.15, 0.2) is 24.3 Å². The molecule has 1 unspecified atom stereocenters. The SMILES string of the molecule is CCCc1ccccc1NCC1CN(C)CCO1. The van der Waals surface area contributed by atoms with E-state index in [4.69, 9.17) is 4.74 Å². The summed E-state index contributed by atoms with van der Waals surface area (Å²) in [4.78, 5) is 2.33. The summed E-state index contributed by atoms with van der Waals surface area (Å²) in [5.74, 6) is 0. The molecule has 0 spiro atoms. The van der Waals surface area contributed by atoms with Crippen LogP contribution in [0, 0.1) is 0 Å². The third-order valence-electron chi connectivity index (χ3n) is 3.40. The standard InChI is InChI=1S/C15H24N2O/c1-3-6-13-7-4-5-8-15(13)16-11-14-12-17(2)9-10-18-14/h4-5,7-8,14,16H,3,6,9-12H2,1-2H3. The fourth-order valence-electron chi connectivity index (χ4n) is 2.39. The number of hydrogen-bond donors (Lipinski definition) is 1. The van der Waals surface area contributed by atoms with Crippen LogP contribution >= 0.6 is 0 Å². The Bertz CT molecular complexity index is 367. The lowest BCUT2D eigenvalue weighted by atomic mass is 10.1. The molecule has 0 aromatic heterocycles. The molecule has 1 N–H and O–H groups in total. The summed E-state index contributed by atoms with van der Waals surface area (Å²) in [5.41, 5.74) is 2.67. The fraction of sp³-hybridized carbons (Fsp3) is 0.600. The van der Waals surface area contributed by atoms with Crippen LogP contribution in [0.2, 0.25) is 0 Å². The Kier molecular flexibility index (Phi) is 5.02. The summed E-state index contributed by atoms with van der Waals surface area (Å²) in [6.45, 7) is 6.02. The average Bonchev–Trinajstić information content (AvgIpc) is 2.38. The Hall–Kier alpha value is -1.06. The second-order valence-electron chi connectivity index (χ2n) is 5.04. The first-order valence-corrected chi connectivity index (χ1v) is 6.91. The molecule has 1 aliphatic rings. The highest BCUT2D eigenvalue weighted by atomic mass is 16.5. The zero-order valence-corrected chi connectivity index (χ0v) is 11.5. The summed E-state index contributed by atoms with van der Waals surface area (Å²) in [7, 11) is 2.15. The Morgan fingerprint density at radius 3 is 3.00 bits per heavy atom. The molecular weight excluding hydrogens is 224 g/mol. The summed E-state index contributed by atoms with van der Waals surface area (Å²) >= 11 is 0. The largest absolute Gasteiger partial charge is 0.382 e. The Balaban J connectivity index is 1.89. The second-order valence-corrected chi connectivity index (χ2v) is 5.04. The predicted molar refractivity (Wildman–Crippen MR) is 76.2 cm³/mol. The normalized spacial score (nSPS) is 20.9. The third kappa shape index (κ3) is 3.72. The minimum Gasteiger partial charge on any atom is -0.382 e. The van der Waals surface area contributed by atoms with Crippen LogP contribution in [0.25, 0.3) is 0 Å². The van der Waals surface area contributed by atoms with Gasteiger partial charge in [-0.05, 0) is 25.1 Å². The van der Waals surface area contributed by atoms with E-state index >= 15 is 0 Å². The number of benzene rings is 1. The fourth-order valence-corrected chi connectivity index (χ4v) is 2.39. The van der Waals surface area contributed by atoms with Crippen molar-refractivity contribution in [1.82, 2.24) is 4.90 Å². The molecule has 3 nitrogen and oxygen atoms in total. The zero-order valence-electron chi connectivity index (χ0n) is 11.5. The van der Waals surface area contributed by atoms with Gasteiger partial charge in [-0.1, -0.05) is 31.5 Å². The van der Waals surface area contributed by atoms with Gasteiger partial charge in [-0.3, -0.25) is 0 Å². The molecule has 1 atom stereocenters. The van der Waals surface area contributed by atoms with E-state index in [1.807, 2.05) is 0 Å². The number of anilines is 1. The first-order valence-electron chi connectivity index (χ1n) is 6.91. The van der Waals surface area contributed by atoms with Gasteiger partial charge in [0.25, 0.3) is 0 Å². The lowest BCUT2D eigenvalue weighted by molar-refractivity contribution is -0.0117. The molecule has 1 aromatic rings. The zero-order chi connectivity index (χ0) is 12.8. The van der Waals surface area contributed by atoms with E-state index in [0.29, 0.717) is 6.10 Å². The van der Waals surface area contributed by atoms with Crippen LogP contribution in [-0.4, -0.2) is 44.3 Å². The van der Waals surface area contributed by atoms with Crippen molar-refractivity contribution < 1.29 is 4.74 Å². The number of aryl methyl sites for hydroxylation is 1. The number of nitrogens with zero attached hydrogens (tertiary/aromatic N) is 1. The first kappa shape index (κ1) is 13.4. The molecule has 1 aliphatic heterocycles. The molecule has 0 aliphatic carbocycles. The Morgan fingerprint density at radius 2 is 2.22 bits per heavy atom. The number of para-hydroxylation sites is 1. The highest BCUT2D eigenvalue weighted by molar-refractivity contribution is 5.51. The van der Waals surface area contributed by atoms with Crippen molar-refractivity contribution in [2.45, 2.75) is 25.9 Å². The lowest BCUT2D eigenvalue weighted by Crippen LogP contribution is -2.43. The van der Waals surface area contributed by atoms with E-state index in [1.54, 1.807) is 0 Å². The lowest BCUT2D eigenvalue weighted by Gasteiger charge is -2.30. The topological polar surface area (TPSA) is 24.5 Å². The van der Waals surface area contributed by atoms with Gasteiger partial charge < -0.3 is 15.0 Å². The molecule has 100 valence electrons. The molecule has 1 saturated heterocycles. The molecular formula is C15H24N2O. The molecule has 0 radical (unpaired) electrons. The van der Waals surface area contributed by atoms with Crippen molar-refractivity contribution in [2.75, 3.05) is 38.6 Å². The van der Waals surface area contributed by atoms with E-state index in [2.05, 4.69) is 48.5 Å². The van der Waals surface area contributed by atoms with Gasteiger partial charge in [-0.25, -0.2) is 0 Å². The Morgan fingerprint density at radius 1 is 1.39 bits per heavy atom. The van der Waals surface area contributed by atoms with Gasteiger partial charge >= 0.3 is 0 Å². The van der Waals surface area contributed by atoms with Crippen molar-refractivity contribution in [3.05, 3.63) is 29.8 Å². The monoisotopic (exact) mass is 248 g/mol. The number of morpholine rings is 1. The van der Waals surface area contributed by atoms with Crippen molar-refractivity contribution >= 4 is 5.69 Å². The third-order valence-corrected chi connectivity index (χ3v) is 3.40. The van der Waals surface area contributed by atoms with Crippen molar-refractivity contribution in [3.63, 3.8) is 0 Å². The number of ether oxygens (including phenoxy) is 1. The number of hydrogen-bond acceptors (Lipinski definition) is 3. The van der Waals surface area contributed by atoms with E-state index in [0.717, 1.165) is 32.7 Å². The van der Waals surface area contributed by atoms with E-state index in [1.165, 1.54) is 17.7 Å². The summed E-state index contributed by atoms with van der Waals surface area (Å²) in [5, 5.41) is 3.54. The van der Waals surface area contributed by atoms with Crippen LogP contribution in [-0.2, 0) is 11.2 Å². The molecule has 18 heavy (non-hydrogen) atoms. The van der Waals surface area contributed by atoms with Crippen molar-refractivity contribution in [1.29, 1.82) is 0 Å². The van der Waals surface area contributed by atoms with Crippen LogP contribution in [0.1, 0.15) is 18.9 Å². The Labute approximate surface area is 110 Å². The van der Waals surface area contributed by atoms with Gasteiger partial charge in [-0.15, -0.1) is 0 Å². The van der Waals surface area contributed by atoms with Gasteiger partial charge in [0.2, 0.25) is 0 Å². The number of nitrogens with one attached hydrogen (secondary N) is 1. The minimum atomic E-state index is 0.304. The summed E-state index contributed by atoms with van der Waals surface area (Å²) in [6.07, 6.45) is 2.62. The highest BCUT2D eigenvalue weighted by Crippen LogP contribution is 2.17. The molecule has 3 heteroatoms. The maximum absolute atomic E-state index is 5.77. The van der Waals surface area contributed by atoms with Crippen LogP contribution in [0.4, 0.5) is 5.69 Å². The van der Waals surface area contributed by atoms with Crippen molar-refractivity contribution in [2.24, 2.45) is 0 Å². The molecule has 0 saturated carbocycles. The van der Waals surface area contributed by atoms with E-state index in [-0.39, 0.29) is 0 Å². The first-order chi connectivity index (χ1) is 8.79. The van der Waals surface area contributed by atoms with E-state index in [9.17, 15) is 0 Å². The summed E-state index contributed by atoms with van der Waals surface area (Å²) < 4.78 is 5.77. The summed E-state index contributed by atoms with van der Waals surface area (Å²) in [6, 6.07) is 8.58. The van der Waals surface area contributed by atoms with Gasteiger partial charge in [0.15, 0.2) is 0 Å². The molecule has 2 rings (SSSR count). The number of rotatable bonds is 5. The number of likely N-dealkylation sites (N-methyl/N-ethyl adjacent to an activating group) is 1. The molecule has 1 aromatic carbocycles. The molecule has 1 heterocycles. The van der Waals surface area contributed by atoms with Gasteiger partial charge in [-0.2, -0.15) is 0 Å². The maximum atomic E-state index is 5.77. The van der Waals surface area contributed by atoms with Crippen molar-refractivity contribution in [3.8, 4) is 0 Å².